The Kier molecular flexibility index (Phi) is 3.46. The predicted molar refractivity (Wildman–Crippen MR) is 77.6 cm³/mol. The zero-order valence-corrected chi connectivity index (χ0v) is 12.4. The lowest BCUT2D eigenvalue weighted by Crippen LogP contribution is -2.39. The summed E-state index contributed by atoms with van der Waals surface area (Å²) in [6, 6.07) is 3.52. The molecule has 0 aliphatic carbocycles. The van der Waals surface area contributed by atoms with E-state index < -0.39 is 5.92 Å². The summed E-state index contributed by atoms with van der Waals surface area (Å²) >= 11 is 7.58. The molecular weight excluding hydrogens is 306 g/mol. The second-order valence-electron chi connectivity index (χ2n) is 4.77. The molecule has 1 aliphatic heterocycles. The van der Waals surface area contributed by atoms with Crippen molar-refractivity contribution >= 4 is 38.3 Å². The number of methoxy groups -OCH3 is 1. The SMILES string of the molecule is COc1ccc(Cl)c2sc(N3CCC(F)(F)CC3)nc12. The summed E-state index contributed by atoms with van der Waals surface area (Å²) < 4.78 is 32.5. The number of hydrogen-bond donors (Lipinski definition) is 0. The van der Waals surface area contributed by atoms with Gasteiger partial charge in [0.05, 0.1) is 16.8 Å². The fraction of sp³-hybridized carbons (Fsp3) is 0.462. The van der Waals surface area contributed by atoms with Crippen LogP contribution in [0.4, 0.5) is 13.9 Å². The van der Waals surface area contributed by atoms with Crippen LogP contribution >= 0.6 is 22.9 Å². The van der Waals surface area contributed by atoms with Gasteiger partial charge in [-0.25, -0.2) is 13.8 Å². The molecule has 0 N–H and O–H groups in total. The molecule has 0 saturated carbocycles. The number of aromatic nitrogens is 1. The number of halogens is 3. The van der Waals surface area contributed by atoms with Crippen LogP contribution in [0, 0.1) is 0 Å². The molecule has 1 fully saturated rings. The van der Waals surface area contributed by atoms with E-state index in [1.54, 1.807) is 19.2 Å². The number of rotatable bonds is 2. The van der Waals surface area contributed by atoms with Crippen LogP contribution < -0.4 is 9.64 Å². The zero-order valence-electron chi connectivity index (χ0n) is 10.8. The average Bonchev–Trinajstić information content (AvgIpc) is 2.85. The van der Waals surface area contributed by atoms with Crippen LogP contribution in [-0.2, 0) is 0 Å². The van der Waals surface area contributed by atoms with E-state index >= 15 is 0 Å². The number of thiazole rings is 1. The molecule has 1 aliphatic rings. The first-order valence-corrected chi connectivity index (χ1v) is 7.45. The first-order chi connectivity index (χ1) is 9.50. The first-order valence-electron chi connectivity index (χ1n) is 6.26. The lowest BCUT2D eigenvalue weighted by atomic mass is 10.1. The van der Waals surface area contributed by atoms with Crippen LogP contribution in [0.1, 0.15) is 12.8 Å². The van der Waals surface area contributed by atoms with E-state index in [1.165, 1.54) is 11.3 Å². The fourth-order valence-electron chi connectivity index (χ4n) is 2.27. The van der Waals surface area contributed by atoms with Crippen molar-refractivity contribution in [3.63, 3.8) is 0 Å². The van der Waals surface area contributed by atoms with E-state index in [0.717, 1.165) is 9.83 Å². The Labute approximate surface area is 124 Å². The minimum atomic E-state index is -2.55. The maximum Gasteiger partial charge on any atom is 0.251 e. The zero-order chi connectivity index (χ0) is 14.3. The van der Waals surface area contributed by atoms with E-state index in [1.807, 2.05) is 4.90 Å². The van der Waals surface area contributed by atoms with Crippen molar-refractivity contribution < 1.29 is 13.5 Å². The second-order valence-corrected chi connectivity index (χ2v) is 6.15. The molecule has 0 bridgehead atoms. The van der Waals surface area contributed by atoms with E-state index in [4.69, 9.17) is 16.3 Å². The highest BCUT2D eigenvalue weighted by Crippen LogP contribution is 2.40. The van der Waals surface area contributed by atoms with Gasteiger partial charge in [-0.15, -0.1) is 0 Å². The normalized spacial score (nSPS) is 18.5. The molecule has 0 amide bonds. The Morgan fingerprint density at radius 2 is 2.05 bits per heavy atom. The van der Waals surface area contributed by atoms with Crippen molar-refractivity contribution in [2.75, 3.05) is 25.1 Å². The topological polar surface area (TPSA) is 25.4 Å². The molecule has 0 unspecified atom stereocenters. The Morgan fingerprint density at radius 3 is 2.70 bits per heavy atom. The molecule has 3 nitrogen and oxygen atoms in total. The maximum absolute atomic E-state index is 13.2. The Bertz CT molecular complexity index is 637. The van der Waals surface area contributed by atoms with Crippen molar-refractivity contribution in [3.8, 4) is 5.75 Å². The average molecular weight is 319 g/mol. The quantitative estimate of drug-likeness (QED) is 0.830. The standard InChI is InChI=1S/C13H13ClF2N2OS/c1-19-9-3-2-8(14)11-10(9)17-12(20-11)18-6-4-13(15,16)5-7-18/h2-3H,4-7H2,1H3. The van der Waals surface area contributed by atoms with Crippen LogP contribution in [0.5, 0.6) is 5.75 Å². The minimum absolute atomic E-state index is 0.131. The lowest BCUT2D eigenvalue weighted by Gasteiger charge is -2.31. The molecule has 1 aromatic carbocycles. The third kappa shape index (κ3) is 2.42. The Balaban J connectivity index is 1.95. The number of fused-ring (bicyclic) bond motifs is 1. The summed E-state index contributed by atoms with van der Waals surface area (Å²) in [7, 11) is 1.57. The molecule has 108 valence electrons. The molecular formula is C13H13ClF2N2OS. The van der Waals surface area contributed by atoms with E-state index in [-0.39, 0.29) is 12.8 Å². The molecule has 1 saturated heterocycles. The third-order valence-electron chi connectivity index (χ3n) is 3.43. The number of alkyl halides is 2. The molecule has 7 heteroatoms. The van der Waals surface area contributed by atoms with Gasteiger partial charge in [0.1, 0.15) is 11.3 Å². The van der Waals surface area contributed by atoms with E-state index in [0.29, 0.717) is 29.4 Å². The molecule has 20 heavy (non-hydrogen) atoms. The van der Waals surface area contributed by atoms with E-state index in [2.05, 4.69) is 4.98 Å². The molecule has 0 spiro atoms. The maximum atomic E-state index is 13.2. The van der Waals surface area contributed by atoms with Gasteiger partial charge in [-0.2, -0.15) is 0 Å². The monoisotopic (exact) mass is 318 g/mol. The van der Waals surface area contributed by atoms with Crippen LogP contribution in [0.3, 0.4) is 0 Å². The number of ether oxygens (including phenoxy) is 1. The van der Waals surface area contributed by atoms with Gasteiger partial charge in [0.25, 0.3) is 5.92 Å². The summed E-state index contributed by atoms with van der Waals surface area (Å²) in [5.74, 6) is -1.91. The van der Waals surface area contributed by atoms with Crippen LogP contribution in [0.2, 0.25) is 5.02 Å². The molecule has 1 aromatic heterocycles. The largest absolute Gasteiger partial charge is 0.494 e. The lowest BCUT2D eigenvalue weighted by molar-refractivity contribution is -0.0220. The number of anilines is 1. The first kappa shape index (κ1) is 13.8. The predicted octanol–water partition coefficient (Wildman–Crippen LogP) is 4.19. The number of benzene rings is 1. The number of hydrogen-bond acceptors (Lipinski definition) is 4. The van der Waals surface area contributed by atoms with Crippen LogP contribution in [-0.4, -0.2) is 31.1 Å². The fourth-order valence-corrected chi connectivity index (χ4v) is 3.57. The van der Waals surface area contributed by atoms with Crippen LogP contribution in [0.25, 0.3) is 10.2 Å². The molecule has 2 heterocycles. The van der Waals surface area contributed by atoms with Gasteiger partial charge < -0.3 is 9.64 Å². The highest BCUT2D eigenvalue weighted by atomic mass is 35.5. The minimum Gasteiger partial charge on any atom is -0.494 e. The summed E-state index contributed by atoms with van der Waals surface area (Å²) in [5.41, 5.74) is 0.692. The van der Waals surface area contributed by atoms with Crippen molar-refractivity contribution in [2.45, 2.75) is 18.8 Å². The Hall–Kier alpha value is -1.14. The van der Waals surface area contributed by atoms with Crippen LogP contribution in [0.15, 0.2) is 12.1 Å². The smallest absolute Gasteiger partial charge is 0.251 e. The van der Waals surface area contributed by atoms with Gasteiger partial charge in [-0.05, 0) is 12.1 Å². The Morgan fingerprint density at radius 1 is 1.35 bits per heavy atom. The van der Waals surface area contributed by atoms with Gasteiger partial charge in [-0.1, -0.05) is 22.9 Å². The molecule has 0 radical (unpaired) electrons. The number of piperidine rings is 1. The summed E-state index contributed by atoms with van der Waals surface area (Å²) in [5, 5.41) is 1.33. The third-order valence-corrected chi connectivity index (χ3v) is 5.01. The number of nitrogens with zero attached hydrogens (tertiary/aromatic N) is 2. The summed E-state index contributed by atoms with van der Waals surface area (Å²) in [6.07, 6.45) is -0.262. The second kappa shape index (κ2) is 5.00. The molecule has 3 rings (SSSR count). The molecule has 2 aromatic rings. The van der Waals surface area contributed by atoms with Crippen molar-refractivity contribution in [3.05, 3.63) is 17.2 Å². The van der Waals surface area contributed by atoms with Gasteiger partial charge in [0, 0.05) is 25.9 Å². The van der Waals surface area contributed by atoms with Crippen molar-refractivity contribution in [1.82, 2.24) is 4.98 Å². The summed E-state index contributed by atoms with van der Waals surface area (Å²) in [4.78, 5) is 6.39. The van der Waals surface area contributed by atoms with Crippen molar-refractivity contribution in [2.24, 2.45) is 0 Å². The highest BCUT2D eigenvalue weighted by Gasteiger charge is 2.35. The van der Waals surface area contributed by atoms with Gasteiger partial charge in [0.15, 0.2) is 5.13 Å². The summed E-state index contributed by atoms with van der Waals surface area (Å²) in [6.45, 7) is 0.625. The van der Waals surface area contributed by atoms with Gasteiger partial charge >= 0.3 is 0 Å². The van der Waals surface area contributed by atoms with Gasteiger partial charge in [-0.3, -0.25) is 0 Å². The van der Waals surface area contributed by atoms with E-state index in [9.17, 15) is 8.78 Å². The highest BCUT2D eigenvalue weighted by molar-refractivity contribution is 7.22. The van der Waals surface area contributed by atoms with Gasteiger partial charge in [0.2, 0.25) is 0 Å². The van der Waals surface area contributed by atoms with Crippen molar-refractivity contribution in [1.29, 1.82) is 0 Å². The molecule has 0 atom stereocenters.